The Balaban J connectivity index is 2.08. The highest BCUT2D eigenvalue weighted by atomic mass is 16.1. The first-order valence-electron chi connectivity index (χ1n) is 5.49. The quantitative estimate of drug-likeness (QED) is 0.776. The monoisotopic (exact) mass is 229 g/mol. The molecule has 2 aromatic rings. The lowest BCUT2D eigenvalue weighted by molar-refractivity contribution is 1.02. The highest BCUT2D eigenvalue weighted by Gasteiger charge is 2.01. The summed E-state index contributed by atoms with van der Waals surface area (Å²) in [5, 5.41) is 5.29. The molecule has 0 saturated heterocycles. The second kappa shape index (κ2) is 4.82. The second-order valence-corrected chi connectivity index (χ2v) is 4.07. The Morgan fingerprint density at radius 2 is 1.88 bits per heavy atom. The lowest BCUT2D eigenvalue weighted by Crippen LogP contribution is -2.05. The van der Waals surface area contributed by atoms with Crippen LogP contribution in [0.25, 0.3) is 0 Å². The maximum atomic E-state index is 11.3. The number of benzene rings is 1. The highest BCUT2D eigenvalue weighted by molar-refractivity contribution is 5.80. The van der Waals surface area contributed by atoms with Crippen LogP contribution in [0.3, 0.4) is 0 Å². The number of aromatic amines is 2. The minimum Gasteiger partial charge on any atom is -0.302 e. The van der Waals surface area contributed by atoms with E-state index in [2.05, 4.69) is 34.2 Å². The van der Waals surface area contributed by atoms with Gasteiger partial charge >= 0.3 is 0 Å². The van der Waals surface area contributed by atoms with E-state index in [0.29, 0.717) is 12.1 Å². The molecule has 1 heterocycles. The summed E-state index contributed by atoms with van der Waals surface area (Å²) in [6, 6.07) is 8.19. The maximum absolute atomic E-state index is 11.3. The molecule has 0 atom stereocenters. The van der Waals surface area contributed by atoms with Crippen molar-refractivity contribution in [3.63, 3.8) is 0 Å². The lowest BCUT2D eigenvalue weighted by atomic mass is 10.1. The van der Waals surface area contributed by atoms with Gasteiger partial charge in [0.2, 0.25) is 0 Å². The van der Waals surface area contributed by atoms with Crippen molar-refractivity contribution in [3.05, 3.63) is 57.0 Å². The van der Waals surface area contributed by atoms with E-state index in [9.17, 15) is 4.79 Å². The van der Waals surface area contributed by atoms with E-state index in [1.807, 2.05) is 19.1 Å². The molecule has 0 unspecified atom stereocenters. The molecule has 0 fully saturated rings. The Labute approximate surface area is 99.4 Å². The average Bonchev–Trinajstić information content (AvgIpc) is 2.63. The topological polar surface area (TPSA) is 61.0 Å². The van der Waals surface area contributed by atoms with E-state index in [-0.39, 0.29) is 5.56 Å². The van der Waals surface area contributed by atoms with Crippen molar-refractivity contribution in [2.45, 2.75) is 20.4 Å². The summed E-state index contributed by atoms with van der Waals surface area (Å²) in [4.78, 5) is 15.6. The molecule has 0 saturated carbocycles. The first-order valence-corrected chi connectivity index (χ1v) is 5.49. The normalized spacial score (nSPS) is 11.2. The Morgan fingerprint density at radius 1 is 1.18 bits per heavy atom. The summed E-state index contributed by atoms with van der Waals surface area (Å²) in [6.07, 6.45) is 1.62. The fourth-order valence-electron chi connectivity index (χ4n) is 1.55. The number of aliphatic imine (C=N–C) groups is 1. The van der Waals surface area contributed by atoms with Gasteiger partial charge in [0.1, 0.15) is 0 Å². The molecular formula is C13H15N3O. The average molecular weight is 229 g/mol. The van der Waals surface area contributed by atoms with Crippen molar-refractivity contribution in [2.24, 2.45) is 4.99 Å². The molecule has 0 amide bonds. The smallest absolute Gasteiger partial charge is 0.272 e. The van der Waals surface area contributed by atoms with Gasteiger partial charge in [0, 0.05) is 11.9 Å². The van der Waals surface area contributed by atoms with Crippen LogP contribution in [-0.4, -0.2) is 16.4 Å². The van der Waals surface area contributed by atoms with E-state index in [1.165, 1.54) is 5.56 Å². The van der Waals surface area contributed by atoms with Crippen LogP contribution in [0.15, 0.2) is 34.1 Å². The first kappa shape index (κ1) is 11.4. The summed E-state index contributed by atoms with van der Waals surface area (Å²) < 4.78 is 0. The zero-order valence-electron chi connectivity index (χ0n) is 9.95. The number of hydrogen-bond acceptors (Lipinski definition) is 2. The van der Waals surface area contributed by atoms with Gasteiger partial charge in [0.15, 0.2) is 0 Å². The van der Waals surface area contributed by atoms with Gasteiger partial charge in [-0.15, -0.1) is 0 Å². The summed E-state index contributed by atoms with van der Waals surface area (Å²) >= 11 is 0. The molecule has 4 nitrogen and oxygen atoms in total. The van der Waals surface area contributed by atoms with Gasteiger partial charge in [-0.3, -0.25) is 14.9 Å². The lowest BCUT2D eigenvalue weighted by Gasteiger charge is -1.96. The van der Waals surface area contributed by atoms with E-state index in [4.69, 9.17) is 0 Å². The number of hydrogen-bond donors (Lipinski definition) is 2. The number of aryl methyl sites for hydroxylation is 2. The molecule has 0 aliphatic heterocycles. The predicted molar refractivity (Wildman–Crippen MR) is 68.6 cm³/mol. The Bertz CT molecular complexity index is 575. The SMILES string of the molecule is Cc1ccc(CN=Cc2c(C)[nH][nH]c2=O)cc1. The van der Waals surface area contributed by atoms with Crippen LogP contribution in [0, 0.1) is 13.8 Å². The van der Waals surface area contributed by atoms with E-state index in [0.717, 1.165) is 11.3 Å². The zero-order valence-corrected chi connectivity index (χ0v) is 9.95. The first-order chi connectivity index (χ1) is 8.16. The molecular weight excluding hydrogens is 214 g/mol. The van der Waals surface area contributed by atoms with E-state index < -0.39 is 0 Å². The van der Waals surface area contributed by atoms with Crippen molar-refractivity contribution >= 4 is 6.21 Å². The van der Waals surface area contributed by atoms with Crippen molar-refractivity contribution in [1.82, 2.24) is 10.2 Å². The van der Waals surface area contributed by atoms with Crippen molar-refractivity contribution < 1.29 is 0 Å². The molecule has 4 heteroatoms. The molecule has 0 bridgehead atoms. The highest BCUT2D eigenvalue weighted by Crippen LogP contribution is 2.04. The predicted octanol–water partition coefficient (Wildman–Crippen LogP) is 1.94. The number of nitrogens with zero attached hydrogens (tertiary/aromatic N) is 1. The van der Waals surface area contributed by atoms with Crippen molar-refractivity contribution in [2.75, 3.05) is 0 Å². The fraction of sp³-hybridized carbons (Fsp3) is 0.231. The minimum absolute atomic E-state index is 0.129. The van der Waals surface area contributed by atoms with Crippen LogP contribution in [-0.2, 0) is 6.54 Å². The third kappa shape index (κ3) is 2.72. The number of nitrogens with one attached hydrogen (secondary N) is 2. The van der Waals surface area contributed by atoms with Crippen LogP contribution in [0.5, 0.6) is 0 Å². The third-order valence-corrected chi connectivity index (χ3v) is 2.63. The van der Waals surface area contributed by atoms with Gasteiger partial charge in [-0.05, 0) is 19.4 Å². The van der Waals surface area contributed by atoms with Crippen LogP contribution < -0.4 is 5.56 Å². The van der Waals surface area contributed by atoms with Crippen LogP contribution in [0.2, 0.25) is 0 Å². The Hall–Kier alpha value is -2.10. The summed E-state index contributed by atoms with van der Waals surface area (Å²) in [7, 11) is 0. The molecule has 1 aromatic heterocycles. The standard InChI is InChI=1S/C13H15N3O/c1-9-3-5-11(6-4-9)7-14-8-12-10(2)15-16-13(12)17/h3-6,8H,7H2,1-2H3,(H2,15,16,17). The molecule has 2 N–H and O–H groups in total. The molecule has 2 rings (SSSR count). The minimum atomic E-state index is -0.129. The number of rotatable bonds is 3. The summed E-state index contributed by atoms with van der Waals surface area (Å²) in [5.41, 5.74) is 3.64. The molecule has 0 aliphatic carbocycles. The van der Waals surface area contributed by atoms with Crippen LogP contribution >= 0.6 is 0 Å². The van der Waals surface area contributed by atoms with E-state index >= 15 is 0 Å². The molecule has 88 valence electrons. The van der Waals surface area contributed by atoms with E-state index in [1.54, 1.807) is 6.21 Å². The van der Waals surface area contributed by atoms with Gasteiger partial charge in [0.05, 0.1) is 12.1 Å². The van der Waals surface area contributed by atoms with Gasteiger partial charge < -0.3 is 5.10 Å². The fourth-order valence-corrected chi connectivity index (χ4v) is 1.55. The molecule has 17 heavy (non-hydrogen) atoms. The molecule has 0 aliphatic rings. The van der Waals surface area contributed by atoms with Crippen molar-refractivity contribution in [1.29, 1.82) is 0 Å². The van der Waals surface area contributed by atoms with Crippen LogP contribution in [0.1, 0.15) is 22.4 Å². The maximum Gasteiger partial charge on any atom is 0.272 e. The van der Waals surface area contributed by atoms with Gasteiger partial charge in [-0.25, -0.2) is 0 Å². The summed E-state index contributed by atoms with van der Waals surface area (Å²) in [6.45, 7) is 4.48. The van der Waals surface area contributed by atoms with Gasteiger partial charge in [0.25, 0.3) is 5.56 Å². The van der Waals surface area contributed by atoms with Gasteiger partial charge in [-0.1, -0.05) is 29.8 Å². The second-order valence-electron chi connectivity index (χ2n) is 4.07. The molecule has 0 spiro atoms. The Morgan fingerprint density at radius 3 is 2.47 bits per heavy atom. The molecule has 1 aromatic carbocycles. The largest absolute Gasteiger partial charge is 0.302 e. The third-order valence-electron chi connectivity index (χ3n) is 2.63. The zero-order chi connectivity index (χ0) is 12.3. The van der Waals surface area contributed by atoms with Gasteiger partial charge in [-0.2, -0.15) is 0 Å². The Kier molecular flexibility index (Phi) is 3.23. The summed E-state index contributed by atoms with van der Waals surface area (Å²) in [5.74, 6) is 0. The van der Waals surface area contributed by atoms with Crippen LogP contribution in [0.4, 0.5) is 0 Å². The number of aromatic nitrogens is 2. The molecule has 0 radical (unpaired) electrons. The van der Waals surface area contributed by atoms with Crippen molar-refractivity contribution in [3.8, 4) is 0 Å². The number of H-pyrrole nitrogens is 2.